The molecule has 4 rings (SSSR count). The molecule has 0 saturated heterocycles. The van der Waals surface area contributed by atoms with Crippen molar-refractivity contribution in [3.63, 3.8) is 0 Å². The maximum Gasteiger partial charge on any atom is 0.320 e. The van der Waals surface area contributed by atoms with E-state index >= 15 is 0 Å². The molecule has 0 fully saturated rings. The molecule has 2 aromatic heterocycles. The van der Waals surface area contributed by atoms with Gasteiger partial charge in [-0.25, -0.2) is 4.98 Å². The van der Waals surface area contributed by atoms with Crippen LogP contribution in [-0.4, -0.2) is 29.2 Å². The van der Waals surface area contributed by atoms with Crippen molar-refractivity contribution in [2.24, 2.45) is 0 Å². The lowest BCUT2D eigenvalue weighted by atomic mass is 10.1. The Morgan fingerprint density at radius 1 is 0.964 bits per heavy atom. The van der Waals surface area contributed by atoms with Crippen molar-refractivity contribution >= 4 is 21.7 Å². The zero-order chi connectivity index (χ0) is 19.5. The Hall–Kier alpha value is -3.70. The number of rotatable bonds is 5. The molecular formula is C20H14N4O3S. The molecule has 0 unspecified atom stereocenters. The Kier molecular flexibility index (Phi) is 4.74. The van der Waals surface area contributed by atoms with Gasteiger partial charge >= 0.3 is 6.01 Å². The summed E-state index contributed by atoms with van der Waals surface area (Å²) in [4.78, 5) is 13.7. The van der Waals surface area contributed by atoms with Crippen LogP contribution in [0.3, 0.4) is 0 Å². The van der Waals surface area contributed by atoms with Gasteiger partial charge in [0.2, 0.25) is 5.88 Å². The van der Waals surface area contributed by atoms with Gasteiger partial charge in [-0.1, -0.05) is 29.5 Å². The van der Waals surface area contributed by atoms with E-state index in [0.717, 1.165) is 5.56 Å². The third-order valence-corrected chi connectivity index (χ3v) is 4.90. The van der Waals surface area contributed by atoms with Crippen LogP contribution in [0.5, 0.6) is 23.4 Å². The normalized spacial score (nSPS) is 10.5. The summed E-state index contributed by atoms with van der Waals surface area (Å²) in [7, 11) is 3.01. The van der Waals surface area contributed by atoms with Gasteiger partial charge in [0.15, 0.2) is 10.3 Å². The second kappa shape index (κ2) is 7.50. The first-order valence-electron chi connectivity index (χ1n) is 8.26. The predicted molar refractivity (Wildman–Crippen MR) is 105 cm³/mol. The Bertz CT molecular complexity index is 1190. The molecular weight excluding hydrogens is 376 g/mol. The summed E-state index contributed by atoms with van der Waals surface area (Å²) in [6, 6.07) is 17.1. The molecule has 28 heavy (non-hydrogen) atoms. The van der Waals surface area contributed by atoms with E-state index in [1.165, 1.54) is 25.6 Å². The van der Waals surface area contributed by atoms with Crippen LogP contribution < -0.4 is 14.2 Å². The van der Waals surface area contributed by atoms with Crippen molar-refractivity contribution in [2.45, 2.75) is 0 Å². The summed E-state index contributed by atoms with van der Waals surface area (Å²) in [5.41, 5.74) is 1.74. The van der Waals surface area contributed by atoms with Gasteiger partial charge in [0.1, 0.15) is 22.6 Å². The summed E-state index contributed by atoms with van der Waals surface area (Å²) >= 11 is 1.37. The number of thiazole rings is 1. The van der Waals surface area contributed by atoms with Crippen LogP contribution in [0.1, 0.15) is 5.56 Å². The third kappa shape index (κ3) is 3.31. The van der Waals surface area contributed by atoms with E-state index in [1.54, 1.807) is 12.1 Å². The highest BCUT2D eigenvalue weighted by atomic mass is 32.1. The molecule has 0 spiro atoms. The first kappa shape index (κ1) is 17.7. The largest absolute Gasteiger partial charge is 0.479 e. The first-order valence-corrected chi connectivity index (χ1v) is 9.07. The van der Waals surface area contributed by atoms with Crippen molar-refractivity contribution in [2.75, 3.05) is 14.2 Å². The molecule has 0 aliphatic heterocycles. The molecule has 8 heteroatoms. The molecule has 4 aromatic rings. The SMILES string of the molecule is COc1nc(OC)c2nc(-c3ccc(Oc4ccccc4)c(C#N)c3)sc2n1. The lowest BCUT2D eigenvalue weighted by Crippen LogP contribution is -1.95. The number of aromatic nitrogens is 3. The third-order valence-electron chi connectivity index (χ3n) is 3.90. The van der Waals surface area contributed by atoms with Gasteiger partial charge < -0.3 is 14.2 Å². The molecule has 2 aromatic carbocycles. The highest BCUT2D eigenvalue weighted by Crippen LogP contribution is 2.36. The molecule has 0 atom stereocenters. The van der Waals surface area contributed by atoms with Gasteiger partial charge in [0.05, 0.1) is 19.8 Å². The van der Waals surface area contributed by atoms with Crippen LogP contribution in [0.15, 0.2) is 48.5 Å². The fourth-order valence-corrected chi connectivity index (χ4v) is 3.51. The van der Waals surface area contributed by atoms with Crippen LogP contribution >= 0.6 is 11.3 Å². The highest BCUT2D eigenvalue weighted by molar-refractivity contribution is 7.21. The first-order chi connectivity index (χ1) is 13.7. The number of nitrogens with zero attached hydrogens (tertiary/aromatic N) is 4. The van der Waals surface area contributed by atoms with Crippen molar-refractivity contribution in [1.82, 2.24) is 15.0 Å². The summed E-state index contributed by atoms with van der Waals surface area (Å²) in [5.74, 6) is 1.49. The van der Waals surface area contributed by atoms with Gasteiger partial charge in [0, 0.05) is 5.56 Å². The highest BCUT2D eigenvalue weighted by Gasteiger charge is 2.16. The molecule has 0 amide bonds. The van der Waals surface area contributed by atoms with E-state index in [4.69, 9.17) is 14.2 Å². The molecule has 0 saturated carbocycles. The Morgan fingerprint density at radius 2 is 1.79 bits per heavy atom. The van der Waals surface area contributed by atoms with Gasteiger partial charge in [-0.3, -0.25) is 0 Å². The number of ether oxygens (including phenoxy) is 3. The molecule has 0 N–H and O–H groups in total. The molecule has 0 aliphatic rings. The number of hydrogen-bond donors (Lipinski definition) is 0. The number of nitriles is 1. The number of hydrogen-bond acceptors (Lipinski definition) is 8. The molecule has 138 valence electrons. The van der Waals surface area contributed by atoms with Crippen LogP contribution in [0.4, 0.5) is 0 Å². The molecule has 0 radical (unpaired) electrons. The van der Waals surface area contributed by atoms with Crippen LogP contribution in [0.2, 0.25) is 0 Å². The minimum Gasteiger partial charge on any atom is -0.479 e. The second-order valence-electron chi connectivity index (χ2n) is 5.63. The average molecular weight is 390 g/mol. The quantitative estimate of drug-likeness (QED) is 0.498. The predicted octanol–water partition coefficient (Wildman–Crippen LogP) is 4.43. The number of fused-ring (bicyclic) bond motifs is 1. The summed E-state index contributed by atoms with van der Waals surface area (Å²) < 4.78 is 16.2. The lowest BCUT2D eigenvalue weighted by molar-refractivity contribution is 0.356. The van der Waals surface area contributed by atoms with Crippen LogP contribution in [-0.2, 0) is 0 Å². The molecule has 0 bridgehead atoms. The Labute approximate surface area is 164 Å². The average Bonchev–Trinajstić information content (AvgIpc) is 3.18. The van der Waals surface area contributed by atoms with E-state index in [-0.39, 0.29) is 6.01 Å². The minimum atomic E-state index is 0.212. The lowest BCUT2D eigenvalue weighted by Gasteiger charge is -2.08. The standard InChI is InChI=1S/C20H14N4O3S/c1-25-17-16-19(24-20(23-17)26-2)28-18(22-16)12-8-9-15(13(10-12)11-21)27-14-6-4-3-5-7-14/h3-10H,1-2H3. The molecule has 2 heterocycles. The molecule has 7 nitrogen and oxygen atoms in total. The summed E-state index contributed by atoms with van der Waals surface area (Å²) in [6.07, 6.45) is 0. The maximum absolute atomic E-state index is 9.55. The van der Waals surface area contributed by atoms with Gasteiger partial charge in [0.25, 0.3) is 0 Å². The summed E-state index contributed by atoms with van der Waals surface area (Å²) in [6.45, 7) is 0. The van der Waals surface area contributed by atoms with Crippen molar-refractivity contribution in [3.05, 3.63) is 54.1 Å². The summed E-state index contributed by atoms with van der Waals surface area (Å²) in [5, 5.41) is 10.2. The van der Waals surface area contributed by atoms with Gasteiger partial charge in [-0.2, -0.15) is 15.2 Å². The number of methoxy groups -OCH3 is 2. The second-order valence-corrected chi connectivity index (χ2v) is 6.61. The van der Waals surface area contributed by atoms with E-state index < -0.39 is 0 Å². The van der Waals surface area contributed by atoms with Crippen molar-refractivity contribution in [3.8, 4) is 40.0 Å². The zero-order valence-electron chi connectivity index (χ0n) is 15.0. The van der Waals surface area contributed by atoms with E-state index in [2.05, 4.69) is 21.0 Å². The number of para-hydroxylation sites is 1. The molecule has 0 aliphatic carbocycles. The monoisotopic (exact) mass is 390 g/mol. The fraction of sp³-hybridized carbons (Fsp3) is 0.100. The van der Waals surface area contributed by atoms with Crippen LogP contribution in [0.25, 0.3) is 20.9 Å². The Morgan fingerprint density at radius 3 is 2.50 bits per heavy atom. The van der Waals surface area contributed by atoms with Crippen molar-refractivity contribution in [1.29, 1.82) is 5.26 Å². The van der Waals surface area contributed by atoms with Gasteiger partial charge in [-0.05, 0) is 30.3 Å². The maximum atomic E-state index is 9.55. The fourth-order valence-electron chi connectivity index (χ4n) is 2.59. The van der Waals surface area contributed by atoms with E-state index in [9.17, 15) is 5.26 Å². The topological polar surface area (TPSA) is 90.1 Å². The van der Waals surface area contributed by atoms with E-state index in [1.807, 2.05) is 36.4 Å². The number of benzene rings is 2. The minimum absolute atomic E-state index is 0.212. The smallest absolute Gasteiger partial charge is 0.320 e. The van der Waals surface area contributed by atoms with Crippen LogP contribution in [0, 0.1) is 11.3 Å². The Balaban J connectivity index is 1.74. The zero-order valence-corrected chi connectivity index (χ0v) is 15.9. The van der Waals surface area contributed by atoms with Gasteiger partial charge in [-0.15, -0.1) is 0 Å². The van der Waals surface area contributed by atoms with E-state index in [0.29, 0.717) is 38.3 Å². The van der Waals surface area contributed by atoms with Crippen molar-refractivity contribution < 1.29 is 14.2 Å².